The summed E-state index contributed by atoms with van der Waals surface area (Å²) in [7, 11) is 1.52. The summed E-state index contributed by atoms with van der Waals surface area (Å²) in [4.78, 5) is 0. The fourth-order valence-electron chi connectivity index (χ4n) is 1.63. The molecule has 1 saturated heterocycles. The zero-order valence-corrected chi connectivity index (χ0v) is 8.51. The van der Waals surface area contributed by atoms with Gasteiger partial charge in [0.1, 0.15) is 6.10 Å². The fraction of sp³-hybridized carbons (Fsp3) is 0.455. The molecule has 0 amide bonds. The highest BCUT2D eigenvalue weighted by atomic mass is 16.6. The van der Waals surface area contributed by atoms with E-state index in [-0.39, 0.29) is 24.6 Å². The van der Waals surface area contributed by atoms with Gasteiger partial charge in [0.25, 0.3) is 0 Å². The summed E-state index contributed by atoms with van der Waals surface area (Å²) in [6, 6.07) is 5.36. The predicted molar refractivity (Wildman–Crippen MR) is 54.1 cm³/mol. The molecular formula is C11H14O4. The van der Waals surface area contributed by atoms with E-state index >= 15 is 0 Å². The molecule has 1 aliphatic heterocycles. The lowest BCUT2D eigenvalue weighted by atomic mass is 10.1. The zero-order valence-electron chi connectivity index (χ0n) is 8.51. The van der Waals surface area contributed by atoms with Gasteiger partial charge in [0, 0.05) is 12.0 Å². The van der Waals surface area contributed by atoms with E-state index in [1.54, 1.807) is 6.07 Å². The second kappa shape index (κ2) is 4.08. The van der Waals surface area contributed by atoms with Gasteiger partial charge in [-0.1, -0.05) is 12.1 Å². The molecule has 15 heavy (non-hydrogen) atoms. The molecule has 1 aliphatic rings. The van der Waals surface area contributed by atoms with Gasteiger partial charge in [0.2, 0.25) is 0 Å². The van der Waals surface area contributed by atoms with Gasteiger partial charge in [-0.15, -0.1) is 0 Å². The van der Waals surface area contributed by atoms with E-state index in [0.29, 0.717) is 12.2 Å². The van der Waals surface area contributed by atoms with Crippen LogP contribution in [0.4, 0.5) is 0 Å². The third-order valence-electron chi connectivity index (χ3n) is 2.59. The van der Waals surface area contributed by atoms with Gasteiger partial charge in [-0.25, -0.2) is 0 Å². The summed E-state index contributed by atoms with van der Waals surface area (Å²) in [5.41, 5.74) is 0.787. The zero-order chi connectivity index (χ0) is 10.8. The Bertz CT molecular complexity index is 350. The number of para-hydroxylation sites is 1. The minimum atomic E-state index is -0.0735. The number of rotatable bonds is 4. The lowest BCUT2D eigenvalue weighted by molar-refractivity contribution is 0.242. The van der Waals surface area contributed by atoms with Crippen molar-refractivity contribution in [2.75, 3.05) is 13.7 Å². The molecule has 0 aliphatic carbocycles. The largest absolute Gasteiger partial charge is 0.504 e. The van der Waals surface area contributed by atoms with Crippen molar-refractivity contribution in [1.29, 1.82) is 0 Å². The maximum Gasteiger partial charge on any atom is 0.161 e. The van der Waals surface area contributed by atoms with E-state index in [4.69, 9.17) is 14.6 Å². The molecule has 0 bridgehead atoms. The van der Waals surface area contributed by atoms with Crippen molar-refractivity contribution in [3.8, 4) is 11.5 Å². The topological polar surface area (TPSA) is 62.2 Å². The Morgan fingerprint density at radius 1 is 1.40 bits per heavy atom. The number of epoxide rings is 1. The molecule has 0 radical (unpaired) electrons. The van der Waals surface area contributed by atoms with Gasteiger partial charge in [0.15, 0.2) is 11.5 Å². The first-order valence-electron chi connectivity index (χ1n) is 4.87. The highest BCUT2D eigenvalue weighted by Gasteiger charge is 2.38. The second-order valence-electron chi connectivity index (χ2n) is 3.57. The third-order valence-corrected chi connectivity index (χ3v) is 2.59. The average molecular weight is 210 g/mol. The summed E-state index contributed by atoms with van der Waals surface area (Å²) in [5, 5.41) is 18.6. The Morgan fingerprint density at radius 2 is 2.20 bits per heavy atom. The summed E-state index contributed by atoms with van der Waals surface area (Å²) < 4.78 is 10.2. The first kappa shape index (κ1) is 10.3. The van der Waals surface area contributed by atoms with Gasteiger partial charge < -0.3 is 19.7 Å². The molecule has 0 spiro atoms. The van der Waals surface area contributed by atoms with E-state index in [2.05, 4.69) is 0 Å². The Labute approximate surface area is 88.1 Å². The molecule has 1 heterocycles. The van der Waals surface area contributed by atoms with E-state index in [9.17, 15) is 5.11 Å². The van der Waals surface area contributed by atoms with Crippen LogP contribution in [-0.2, 0) is 11.2 Å². The monoisotopic (exact) mass is 210 g/mol. The van der Waals surface area contributed by atoms with E-state index in [1.807, 2.05) is 12.1 Å². The average Bonchev–Trinajstić information content (AvgIpc) is 3.00. The lowest BCUT2D eigenvalue weighted by Gasteiger charge is -2.07. The molecule has 2 atom stereocenters. The molecule has 1 fully saturated rings. The van der Waals surface area contributed by atoms with Gasteiger partial charge in [-0.05, 0) is 6.07 Å². The van der Waals surface area contributed by atoms with Gasteiger partial charge in [-0.3, -0.25) is 0 Å². The van der Waals surface area contributed by atoms with Crippen LogP contribution in [0.25, 0.3) is 0 Å². The summed E-state index contributed by atoms with van der Waals surface area (Å²) in [5.74, 6) is 0.626. The minimum Gasteiger partial charge on any atom is -0.504 e. The first-order chi connectivity index (χ1) is 7.26. The molecule has 0 unspecified atom stereocenters. The normalized spacial score (nSPS) is 23.9. The van der Waals surface area contributed by atoms with Crippen molar-refractivity contribution in [2.45, 2.75) is 18.6 Å². The van der Waals surface area contributed by atoms with E-state index in [0.717, 1.165) is 5.56 Å². The highest BCUT2D eigenvalue weighted by molar-refractivity contribution is 5.45. The number of hydrogen-bond donors (Lipinski definition) is 2. The Hall–Kier alpha value is -1.26. The van der Waals surface area contributed by atoms with Crippen LogP contribution < -0.4 is 4.74 Å². The first-order valence-corrected chi connectivity index (χ1v) is 4.87. The molecule has 1 aromatic rings. The van der Waals surface area contributed by atoms with Crippen molar-refractivity contribution in [3.05, 3.63) is 23.8 Å². The van der Waals surface area contributed by atoms with Crippen LogP contribution in [-0.4, -0.2) is 36.1 Å². The smallest absolute Gasteiger partial charge is 0.161 e. The molecule has 0 aromatic heterocycles. The number of hydrogen-bond acceptors (Lipinski definition) is 4. The summed E-state index contributed by atoms with van der Waals surface area (Å²) in [6.07, 6.45) is 0.553. The molecule has 4 heteroatoms. The number of benzene rings is 1. The second-order valence-corrected chi connectivity index (χ2v) is 3.57. The van der Waals surface area contributed by atoms with Crippen LogP contribution in [0.3, 0.4) is 0 Å². The maximum atomic E-state index is 9.78. The number of aliphatic hydroxyl groups excluding tert-OH is 1. The predicted octanol–water partition coefficient (Wildman–Crippen LogP) is 0.703. The molecule has 2 N–H and O–H groups in total. The fourth-order valence-corrected chi connectivity index (χ4v) is 1.63. The maximum absolute atomic E-state index is 9.78. The standard InChI is InChI=1S/C11H14O4/c1-14-8-4-2-3-7(11(8)13)5-9-10(6-12)15-9/h2-4,9-10,12-13H,5-6H2,1H3/t9-,10-/m0/s1. The van der Waals surface area contributed by atoms with Crippen molar-refractivity contribution in [3.63, 3.8) is 0 Å². The van der Waals surface area contributed by atoms with Crippen molar-refractivity contribution < 1.29 is 19.7 Å². The number of aliphatic hydroxyl groups is 1. The molecule has 2 rings (SSSR count). The number of phenols is 1. The Balaban J connectivity index is 2.08. The van der Waals surface area contributed by atoms with Crippen LogP contribution in [0, 0.1) is 0 Å². The van der Waals surface area contributed by atoms with E-state index < -0.39 is 0 Å². The molecule has 1 aromatic carbocycles. The molecular weight excluding hydrogens is 196 g/mol. The number of phenolic OH excluding ortho intramolecular Hbond substituents is 1. The number of methoxy groups -OCH3 is 1. The lowest BCUT2D eigenvalue weighted by Crippen LogP contribution is -2.02. The van der Waals surface area contributed by atoms with Crippen LogP contribution in [0.1, 0.15) is 5.56 Å². The van der Waals surface area contributed by atoms with Crippen LogP contribution in [0.2, 0.25) is 0 Å². The molecule has 4 nitrogen and oxygen atoms in total. The Morgan fingerprint density at radius 3 is 2.80 bits per heavy atom. The summed E-state index contributed by atoms with van der Waals surface area (Å²) >= 11 is 0. The van der Waals surface area contributed by atoms with Crippen molar-refractivity contribution >= 4 is 0 Å². The van der Waals surface area contributed by atoms with Crippen LogP contribution in [0.5, 0.6) is 11.5 Å². The van der Waals surface area contributed by atoms with Gasteiger partial charge >= 0.3 is 0 Å². The molecule has 0 saturated carbocycles. The highest BCUT2D eigenvalue weighted by Crippen LogP contribution is 2.34. The number of aromatic hydroxyl groups is 1. The van der Waals surface area contributed by atoms with E-state index in [1.165, 1.54) is 7.11 Å². The third kappa shape index (κ3) is 2.06. The van der Waals surface area contributed by atoms with Gasteiger partial charge in [-0.2, -0.15) is 0 Å². The molecule has 82 valence electrons. The van der Waals surface area contributed by atoms with Crippen LogP contribution in [0.15, 0.2) is 18.2 Å². The Kier molecular flexibility index (Phi) is 2.79. The SMILES string of the molecule is COc1cccc(C[C@@H]2O[C@H]2CO)c1O. The minimum absolute atomic E-state index is 0.0213. The van der Waals surface area contributed by atoms with Crippen molar-refractivity contribution in [1.82, 2.24) is 0 Å². The van der Waals surface area contributed by atoms with Crippen molar-refractivity contribution in [2.24, 2.45) is 0 Å². The van der Waals surface area contributed by atoms with Crippen LogP contribution >= 0.6 is 0 Å². The van der Waals surface area contributed by atoms with Gasteiger partial charge in [0.05, 0.1) is 19.8 Å². The quantitative estimate of drug-likeness (QED) is 0.718. The number of ether oxygens (including phenoxy) is 2. The summed E-state index contributed by atoms with van der Waals surface area (Å²) in [6.45, 7) is 0.0371.